The molecule has 372 valence electrons. The summed E-state index contributed by atoms with van der Waals surface area (Å²) < 4.78 is 13.1. The van der Waals surface area contributed by atoms with Gasteiger partial charge in [-0.15, -0.1) is 23.5 Å². The molecule has 4 fully saturated rings. The molecule has 4 heterocycles. The van der Waals surface area contributed by atoms with Gasteiger partial charge < -0.3 is 40.5 Å². The van der Waals surface area contributed by atoms with Crippen molar-refractivity contribution < 1.29 is 33.4 Å². The molecule has 0 aromatic heterocycles. The average Bonchev–Trinajstić information content (AvgIpc) is 3.93. The number of ether oxygens (including phenoxy) is 2. The minimum Gasteiger partial charge on any atom is -0.375 e. The summed E-state index contributed by atoms with van der Waals surface area (Å²) in [5, 5.41) is 12.7. The number of thioether (sulfide) groups is 2. The van der Waals surface area contributed by atoms with Gasteiger partial charge in [0, 0.05) is 32.5 Å². The van der Waals surface area contributed by atoms with E-state index < -0.39 is 29.1 Å². The van der Waals surface area contributed by atoms with Crippen molar-refractivity contribution in [2.75, 3.05) is 31.8 Å². The van der Waals surface area contributed by atoms with E-state index in [4.69, 9.17) is 9.47 Å². The minimum atomic E-state index is -0.839. The first-order valence-electron chi connectivity index (χ1n) is 25.4. The molecule has 0 radical (unpaired) electrons. The van der Waals surface area contributed by atoms with Crippen LogP contribution in [0.25, 0.3) is 0 Å². The van der Waals surface area contributed by atoms with Crippen LogP contribution < -0.4 is 21.3 Å². The first-order valence-corrected chi connectivity index (χ1v) is 27.5. The summed E-state index contributed by atoms with van der Waals surface area (Å²) in [4.78, 5) is 73.1. The maximum atomic E-state index is 14.6. The Kier molecular flexibility index (Phi) is 16.0. The van der Waals surface area contributed by atoms with E-state index in [1.807, 2.05) is 40.9 Å². The molecule has 0 saturated carbocycles. The smallest absolute Gasteiger partial charge is 0.246 e. The number of fused-ring (bicyclic) bond motifs is 4. The van der Waals surface area contributed by atoms with Crippen LogP contribution >= 0.6 is 23.5 Å². The molecule has 2 aromatic carbocycles. The van der Waals surface area contributed by atoms with Crippen molar-refractivity contribution in [1.82, 2.24) is 31.1 Å². The Hall–Kier alpha value is -3.63. The molecular formula is C53H76N6O7S2. The number of amides is 5. The van der Waals surface area contributed by atoms with Gasteiger partial charge in [-0.3, -0.25) is 24.0 Å². The first kappa shape index (κ1) is 50.7. The van der Waals surface area contributed by atoms with Gasteiger partial charge in [0.2, 0.25) is 29.5 Å². The Morgan fingerprint density at radius 1 is 0.691 bits per heavy atom. The number of likely N-dealkylation sites (N-methyl/N-ethyl adjacent to an activating group) is 1. The molecule has 2 aromatic rings. The largest absolute Gasteiger partial charge is 0.375 e. The lowest BCUT2D eigenvalue weighted by molar-refractivity contribution is -0.144. The molecule has 15 heteroatoms. The van der Waals surface area contributed by atoms with E-state index in [0.717, 1.165) is 74.7 Å². The van der Waals surface area contributed by atoms with Gasteiger partial charge in [0.1, 0.15) is 18.1 Å². The number of carbonyl (C=O) groups is 5. The zero-order chi connectivity index (χ0) is 48.4. The molecule has 5 amide bonds. The Bertz CT molecular complexity index is 2170. The summed E-state index contributed by atoms with van der Waals surface area (Å²) in [6.45, 7) is 13.2. The van der Waals surface area contributed by atoms with Crippen LogP contribution in [-0.4, -0.2) is 118 Å². The van der Waals surface area contributed by atoms with Crippen LogP contribution in [0.2, 0.25) is 0 Å². The van der Waals surface area contributed by atoms with Crippen molar-refractivity contribution in [2.45, 2.75) is 184 Å². The summed E-state index contributed by atoms with van der Waals surface area (Å²) in [5.41, 5.74) is 2.92. The Morgan fingerprint density at radius 3 is 1.72 bits per heavy atom. The summed E-state index contributed by atoms with van der Waals surface area (Å²) in [5.74, 6) is 1.07. The molecular weight excluding hydrogens is 897 g/mol. The van der Waals surface area contributed by atoms with Crippen molar-refractivity contribution in [3.05, 3.63) is 70.8 Å². The van der Waals surface area contributed by atoms with Crippen LogP contribution in [0.3, 0.4) is 0 Å². The molecule has 4 saturated heterocycles. The summed E-state index contributed by atoms with van der Waals surface area (Å²) in [6, 6.07) is 14.0. The highest BCUT2D eigenvalue weighted by Gasteiger charge is 2.56. The second kappa shape index (κ2) is 21.4. The van der Waals surface area contributed by atoms with Crippen molar-refractivity contribution in [2.24, 2.45) is 10.8 Å². The lowest BCUT2D eigenvalue weighted by atomic mass is 9.83. The zero-order valence-electron chi connectivity index (χ0n) is 41.4. The van der Waals surface area contributed by atoms with Crippen LogP contribution in [0.5, 0.6) is 0 Å². The zero-order valence-corrected chi connectivity index (χ0v) is 43.0. The van der Waals surface area contributed by atoms with Crippen molar-refractivity contribution in [3.63, 3.8) is 0 Å². The summed E-state index contributed by atoms with van der Waals surface area (Å²) in [7, 11) is 1.73. The van der Waals surface area contributed by atoms with Gasteiger partial charge in [-0.1, -0.05) is 102 Å². The quantitative estimate of drug-likeness (QED) is 0.115. The Morgan fingerprint density at radius 2 is 1.18 bits per heavy atom. The summed E-state index contributed by atoms with van der Waals surface area (Å²) >= 11 is 3.51. The molecule has 4 N–H and O–H groups in total. The third kappa shape index (κ3) is 10.8. The predicted molar refractivity (Wildman–Crippen MR) is 269 cm³/mol. The molecule has 68 heavy (non-hydrogen) atoms. The number of unbranched alkanes of at least 4 members (excludes halogenated alkanes) is 5. The highest BCUT2D eigenvalue weighted by atomic mass is 32.2. The fourth-order valence-corrected chi connectivity index (χ4v) is 14.7. The topological polar surface area (TPSA) is 158 Å². The molecule has 0 spiro atoms. The molecule has 4 aliphatic heterocycles. The molecule has 9 atom stereocenters. The van der Waals surface area contributed by atoms with Crippen LogP contribution in [-0.2, 0) is 46.3 Å². The highest BCUT2D eigenvalue weighted by molar-refractivity contribution is 8.00. The lowest BCUT2D eigenvalue weighted by Gasteiger charge is -2.36. The van der Waals surface area contributed by atoms with E-state index in [2.05, 4.69) is 73.2 Å². The lowest BCUT2D eigenvalue weighted by Crippen LogP contribution is -2.60. The number of rotatable bonds is 18. The monoisotopic (exact) mass is 973 g/mol. The van der Waals surface area contributed by atoms with Gasteiger partial charge in [-0.2, -0.15) is 0 Å². The second-order valence-electron chi connectivity index (χ2n) is 21.9. The van der Waals surface area contributed by atoms with Crippen molar-refractivity contribution in [1.29, 1.82) is 0 Å². The van der Waals surface area contributed by atoms with Gasteiger partial charge >= 0.3 is 0 Å². The number of hydrogen-bond acceptors (Lipinski definition) is 10. The third-order valence-corrected chi connectivity index (χ3v) is 18.2. The minimum absolute atomic E-state index is 0.0513. The van der Waals surface area contributed by atoms with Gasteiger partial charge in [0.15, 0.2) is 0 Å². The average molecular weight is 973 g/mol. The normalized spacial score (nSPS) is 29.4. The second-order valence-corrected chi connectivity index (χ2v) is 24.5. The van der Waals surface area contributed by atoms with Gasteiger partial charge in [0.05, 0.1) is 40.6 Å². The Balaban J connectivity index is 0.792. The third-order valence-electron chi connectivity index (χ3n) is 15.6. The van der Waals surface area contributed by atoms with E-state index in [1.54, 1.807) is 37.6 Å². The van der Waals surface area contributed by atoms with Crippen LogP contribution in [0, 0.1) is 10.8 Å². The Labute approximate surface area is 412 Å². The van der Waals surface area contributed by atoms with Crippen LogP contribution in [0.15, 0.2) is 48.5 Å². The van der Waals surface area contributed by atoms with Crippen LogP contribution in [0.1, 0.15) is 147 Å². The summed E-state index contributed by atoms with van der Waals surface area (Å²) in [6.07, 6.45) is 10.6. The van der Waals surface area contributed by atoms with Gasteiger partial charge in [-0.25, -0.2) is 0 Å². The number of nitrogens with zero attached hydrogens (tertiary/aromatic N) is 2. The van der Waals surface area contributed by atoms with E-state index in [1.165, 1.54) is 11.1 Å². The fraction of sp³-hybridized carbons (Fsp3) is 0.679. The van der Waals surface area contributed by atoms with E-state index >= 15 is 0 Å². The van der Waals surface area contributed by atoms with Gasteiger partial charge in [-0.05, 0) is 104 Å². The van der Waals surface area contributed by atoms with Crippen LogP contribution in [0.4, 0.5) is 0 Å². The maximum absolute atomic E-state index is 14.6. The van der Waals surface area contributed by atoms with E-state index in [-0.39, 0.29) is 70.0 Å². The van der Waals surface area contributed by atoms with Gasteiger partial charge in [0.25, 0.3) is 0 Å². The molecule has 6 aliphatic rings. The molecule has 2 aliphatic carbocycles. The SMILES string of the molecule is CNC(C)(C)C(=O)N[C@H]1CCS[C@H]2CC(C)(C)[C@@H](C(=O)N[C@H]3c4ccccc4C[C@H]3OCCCCCCCCO[C@@H]3Cc4ccccc4[C@@H]3NC(=O)[C@H]3N4C(=O)CCCS[C@H]4CC3(C)C)N2C1=O. The maximum Gasteiger partial charge on any atom is 0.246 e. The number of benzene rings is 2. The van der Waals surface area contributed by atoms with Crippen molar-refractivity contribution >= 4 is 53.1 Å². The number of carbonyl (C=O) groups excluding carboxylic acids is 5. The standard InChI is InChI=1S/C53H76N6O7S2/c1-51(2)31-41-58(40(60)23-18-27-67-41)45(51)47(61)56-43-35-21-14-12-19-33(35)29-38(43)65-25-16-10-8-9-11-17-26-66-39-30-34-20-13-15-22-36(34)44(39)57-48(62)46-52(3,4)32-42-59(46)49(63)37(24-28-68-42)55-50(64)53(5,6)54-7/h12-15,19-22,37-39,41-46,54H,8-11,16-18,23-32H2,1-7H3,(H,55,64)(H,56,61)(H,57,62)/t37-,38+,39+,41-,42-,43-,44-,45+,46+/m0/s1. The fourth-order valence-electron chi connectivity index (χ4n) is 11.6. The number of hydrogen-bond donors (Lipinski definition) is 4. The number of nitrogens with one attached hydrogen (secondary N) is 4. The predicted octanol–water partition coefficient (Wildman–Crippen LogP) is 6.98. The molecule has 13 nitrogen and oxygen atoms in total. The molecule has 8 rings (SSSR count). The van der Waals surface area contributed by atoms with Crippen molar-refractivity contribution in [3.8, 4) is 0 Å². The molecule has 0 bridgehead atoms. The first-order chi connectivity index (χ1) is 32.5. The molecule has 0 unspecified atom stereocenters. The highest BCUT2D eigenvalue weighted by Crippen LogP contribution is 2.48. The van der Waals surface area contributed by atoms with E-state index in [0.29, 0.717) is 44.6 Å². The van der Waals surface area contributed by atoms with E-state index in [9.17, 15) is 24.0 Å².